The molecule has 1 heterocycles. The number of rotatable bonds is 3. The molecule has 0 bridgehead atoms. The summed E-state index contributed by atoms with van der Waals surface area (Å²) in [4.78, 5) is 16.6. The van der Waals surface area contributed by atoms with Crippen molar-refractivity contribution in [1.82, 2.24) is 9.88 Å². The monoisotopic (exact) mass is 261 g/mol. The normalized spacial score (nSPS) is 12.2. The van der Waals surface area contributed by atoms with Crippen molar-refractivity contribution in [2.24, 2.45) is 0 Å². The van der Waals surface area contributed by atoms with Gasteiger partial charge in [0.2, 0.25) is 0 Å². The molecule has 0 aliphatic heterocycles. The number of hydrogen-bond acceptors (Lipinski definition) is 2. The van der Waals surface area contributed by atoms with Gasteiger partial charge in [-0.1, -0.05) is 12.1 Å². The van der Waals surface area contributed by atoms with Crippen LogP contribution in [0.15, 0.2) is 36.5 Å². The van der Waals surface area contributed by atoms with Gasteiger partial charge >= 0.3 is 0 Å². The number of nitrogens with zero attached hydrogens (tertiary/aromatic N) is 1. The van der Waals surface area contributed by atoms with Crippen LogP contribution in [0.1, 0.15) is 29.0 Å². The number of anilines is 1. The van der Waals surface area contributed by atoms with Gasteiger partial charge in [-0.05, 0) is 30.7 Å². The van der Waals surface area contributed by atoms with Crippen molar-refractivity contribution in [3.05, 3.63) is 53.6 Å². The van der Waals surface area contributed by atoms with Crippen molar-refractivity contribution in [3.8, 4) is 0 Å². The van der Waals surface area contributed by atoms with E-state index < -0.39 is 0 Å². The first kappa shape index (κ1) is 13.1. The zero-order valence-electron chi connectivity index (χ0n) is 10.9. The molecule has 1 amide bonds. The Labute approximate surface area is 111 Å². The number of halogens is 1. The van der Waals surface area contributed by atoms with Crippen LogP contribution in [-0.2, 0) is 0 Å². The van der Waals surface area contributed by atoms with Crippen LogP contribution in [0.25, 0.3) is 0 Å². The zero-order valence-corrected chi connectivity index (χ0v) is 10.9. The molecule has 4 nitrogen and oxygen atoms in total. The maximum atomic E-state index is 12.9. The summed E-state index contributed by atoms with van der Waals surface area (Å²) in [7, 11) is 1.70. The van der Waals surface area contributed by atoms with E-state index in [4.69, 9.17) is 5.73 Å². The molecule has 0 radical (unpaired) electrons. The van der Waals surface area contributed by atoms with Crippen molar-refractivity contribution in [3.63, 3.8) is 0 Å². The Morgan fingerprint density at radius 1 is 1.37 bits per heavy atom. The highest BCUT2D eigenvalue weighted by molar-refractivity contribution is 5.93. The van der Waals surface area contributed by atoms with Crippen LogP contribution < -0.4 is 5.73 Å². The number of aromatic nitrogens is 1. The van der Waals surface area contributed by atoms with Crippen LogP contribution >= 0.6 is 0 Å². The Morgan fingerprint density at radius 3 is 2.53 bits per heavy atom. The minimum Gasteiger partial charge on any atom is -0.397 e. The molecule has 0 saturated carbocycles. The Kier molecular flexibility index (Phi) is 3.55. The summed E-state index contributed by atoms with van der Waals surface area (Å²) in [5, 5.41) is 0. The van der Waals surface area contributed by atoms with Gasteiger partial charge in [-0.25, -0.2) is 4.39 Å². The van der Waals surface area contributed by atoms with E-state index in [1.54, 1.807) is 36.3 Å². The Hall–Kier alpha value is -2.30. The molecule has 2 rings (SSSR count). The average Bonchev–Trinajstić information content (AvgIpc) is 2.84. The lowest BCUT2D eigenvalue weighted by Gasteiger charge is -2.24. The minimum atomic E-state index is -0.290. The fourth-order valence-corrected chi connectivity index (χ4v) is 1.87. The molecule has 1 unspecified atom stereocenters. The van der Waals surface area contributed by atoms with E-state index in [0.29, 0.717) is 11.4 Å². The van der Waals surface area contributed by atoms with Crippen molar-refractivity contribution in [2.45, 2.75) is 13.0 Å². The lowest BCUT2D eigenvalue weighted by Crippen LogP contribution is -2.29. The standard InChI is InChI=1S/C14H16FN3O/c1-9(10-3-5-11(15)6-4-10)18(2)14(19)13-7-12(16)8-17-13/h3-9,17H,16H2,1-2H3. The highest BCUT2D eigenvalue weighted by Gasteiger charge is 2.19. The molecule has 100 valence electrons. The van der Waals surface area contributed by atoms with Gasteiger partial charge in [0, 0.05) is 18.9 Å². The number of carbonyl (C=O) groups is 1. The van der Waals surface area contributed by atoms with Gasteiger partial charge in [-0.3, -0.25) is 4.79 Å². The zero-order chi connectivity index (χ0) is 14.0. The van der Waals surface area contributed by atoms with E-state index in [1.165, 1.54) is 12.1 Å². The lowest BCUT2D eigenvalue weighted by molar-refractivity contribution is 0.0737. The molecule has 0 spiro atoms. The van der Waals surface area contributed by atoms with Crippen LogP contribution in [0, 0.1) is 5.82 Å². The third kappa shape index (κ3) is 2.76. The van der Waals surface area contributed by atoms with Gasteiger partial charge in [0.1, 0.15) is 11.5 Å². The fourth-order valence-electron chi connectivity index (χ4n) is 1.87. The second-order valence-corrected chi connectivity index (χ2v) is 4.49. The van der Waals surface area contributed by atoms with E-state index >= 15 is 0 Å². The second-order valence-electron chi connectivity index (χ2n) is 4.49. The topological polar surface area (TPSA) is 62.1 Å². The summed E-state index contributed by atoms with van der Waals surface area (Å²) < 4.78 is 12.9. The number of amides is 1. The molecule has 0 aliphatic rings. The van der Waals surface area contributed by atoms with Gasteiger partial charge < -0.3 is 15.6 Å². The van der Waals surface area contributed by atoms with Crippen LogP contribution in [0.4, 0.5) is 10.1 Å². The van der Waals surface area contributed by atoms with Crippen LogP contribution in [0.2, 0.25) is 0 Å². The molecule has 2 aromatic rings. The summed E-state index contributed by atoms with van der Waals surface area (Å²) in [6.07, 6.45) is 1.57. The molecule has 3 N–H and O–H groups in total. The molecule has 0 saturated heterocycles. The van der Waals surface area contributed by atoms with E-state index in [-0.39, 0.29) is 17.8 Å². The molecule has 19 heavy (non-hydrogen) atoms. The highest BCUT2D eigenvalue weighted by Crippen LogP contribution is 2.21. The van der Waals surface area contributed by atoms with Crippen molar-refractivity contribution < 1.29 is 9.18 Å². The first-order valence-corrected chi connectivity index (χ1v) is 5.95. The van der Waals surface area contributed by atoms with Gasteiger partial charge in [0.05, 0.1) is 6.04 Å². The SMILES string of the molecule is CC(c1ccc(F)cc1)N(C)C(=O)c1cc(N)c[nH]1. The molecule has 0 fully saturated rings. The van der Waals surface area contributed by atoms with Gasteiger partial charge in [-0.15, -0.1) is 0 Å². The van der Waals surface area contributed by atoms with E-state index in [1.807, 2.05) is 6.92 Å². The molecular weight excluding hydrogens is 245 g/mol. The summed E-state index contributed by atoms with van der Waals surface area (Å²) in [5.74, 6) is -0.449. The van der Waals surface area contributed by atoms with Crippen LogP contribution in [0.5, 0.6) is 0 Å². The van der Waals surface area contributed by atoms with Crippen LogP contribution in [-0.4, -0.2) is 22.8 Å². The molecular formula is C14H16FN3O. The summed E-state index contributed by atoms with van der Waals surface area (Å²) in [6.45, 7) is 1.89. The largest absolute Gasteiger partial charge is 0.397 e. The van der Waals surface area contributed by atoms with E-state index in [9.17, 15) is 9.18 Å². The molecule has 1 atom stereocenters. The molecule has 1 aromatic carbocycles. The third-order valence-electron chi connectivity index (χ3n) is 3.19. The highest BCUT2D eigenvalue weighted by atomic mass is 19.1. The number of H-pyrrole nitrogens is 1. The van der Waals surface area contributed by atoms with Crippen molar-refractivity contribution >= 4 is 11.6 Å². The second kappa shape index (κ2) is 5.14. The first-order chi connectivity index (χ1) is 8.99. The summed E-state index contributed by atoms with van der Waals surface area (Å²) >= 11 is 0. The maximum absolute atomic E-state index is 12.9. The minimum absolute atomic E-state index is 0.155. The quantitative estimate of drug-likeness (QED) is 0.892. The number of nitrogens with one attached hydrogen (secondary N) is 1. The number of hydrogen-bond donors (Lipinski definition) is 2. The van der Waals surface area contributed by atoms with Gasteiger partial charge in [0.15, 0.2) is 0 Å². The van der Waals surface area contributed by atoms with Crippen molar-refractivity contribution in [1.29, 1.82) is 0 Å². The number of nitrogen functional groups attached to an aromatic ring is 1. The Morgan fingerprint density at radius 2 is 2.00 bits per heavy atom. The molecule has 1 aromatic heterocycles. The molecule has 0 aliphatic carbocycles. The van der Waals surface area contributed by atoms with E-state index in [2.05, 4.69) is 4.98 Å². The van der Waals surface area contributed by atoms with E-state index in [0.717, 1.165) is 5.56 Å². The average molecular weight is 261 g/mol. The number of nitrogens with two attached hydrogens (primary N) is 1. The first-order valence-electron chi connectivity index (χ1n) is 5.95. The number of carbonyl (C=O) groups excluding carboxylic acids is 1. The number of aromatic amines is 1. The summed E-state index contributed by atoms with van der Waals surface area (Å²) in [5.41, 5.74) is 7.41. The molecule has 5 heteroatoms. The smallest absolute Gasteiger partial charge is 0.270 e. The lowest BCUT2D eigenvalue weighted by atomic mass is 10.1. The van der Waals surface area contributed by atoms with Gasteiger partial charge in [0.25, 0.3) is 5.91 Å². The van der Waals surface area contributed by atoms with Crippen LogP contribution in [0.3, 0.4) is 0 Å². The maximum Gasteiger partial charge on any atom is 0.270 e. The predicted molar refractivity (Wildman–Crippen MR) is 72.1 cm³/mol. The fraction of sp³-hybridized carbons (Fsp3) is 0.214. The summed E-state index contributed by atoms with van der Waals surface area (Å²) in [6, 6.07) is 7.56. The van der Waals surface area contributed by atoms with Crippen molar-refractivity contribution in [2.75, 3.05) is 12.8 Å². The van der Waals surface area contributed by atoms with Gasteiger partial charge in [-0.2, -0.15) is 0 Å². The Balaban J connectivity index is 2.16. The predicted octanol–water partition coefficient (Wildman–Crippen LogP) is 2.57. The number of benzene rings is 1. The Bertz CT molecular complexity index is 577. The third-order valence-corrected chi connectivity index (χ3v) is 3.19.